The van der Waals surface area contributed by atoms with Gasteiger partial charge < -0.3 is 15.8 Å². The molecule has 0 spiro atoms. The highest BCUT2D eigenvalue weighted by Gasteiger charge is 2.13. The molecule has 12 heavy (non-hydrogen) atoms. The largest absolute Gasteiger partial charge is 0.387 e. The molecule has 1 atom stereocenters. The summed E-state index contributed by atoms with van der Waals surface area (Å²) in [4.78, 5) is 15.4. The third-order valence-corrected chi connectivity index (χ3v) is 1.78. The smallest absolute Gasteiger partial charge is 0.324 e. The van der Waals surface area contributed by atoms with Crippen molar-refractivity contribution in [3.63, 3.8) is 0 Å². The average Bonchev–Trinajstić information content (AvgIpc) is 2.30. The molecule has 0 saturated carbocycles. The molecule has 68 valence electrons. The molecular formula is C6H10ClN3O2. The van der Waals surface area contributed by atoms with Crippen LogP contribution < -0.4 is 11.4 Å². The Bertz CT molecular complexity index is 306. The normalized spacial score (nSPS) is 13.2. The summed E-state index contributed by atoms with van der Waals surface area (Å²) >= 11 is 5.59. The van der Waals surface area contributed by atoms with Gasteiger partial charge in [-0.2, -0.15) is 0 Å². The van der Waals surface area contributed by atoms with Crippen molar-refractivity contribution in [2.45, 2.75) is 12.5 Å². The predicted molar refractivity (Wildman–Crippen MR) is 45.1 cm³/mol. The molecule has 1 aromatic heterocycles. The first-order valence-corrected chi connectivity index (χ1v) is 3.88. The molecule has 5 nitrogen and oxygen atoms in total. The van der Waals surface area contributed by atoms with Crippen LogP contribution in [0, 0.1) is 0 Å². The molecule has 0 radical (unpaired) electrons. The standard InChI is InChI=1S/C6H10ClN3O2/c7-5-4(3(11)1-2-8)9-6(12)10-5/h3,11H,1-2,8H2,(H2,9,10,12). The molecule has 6 heteroatoms. The Kier molecular flexibility index (Phi) is 2.91. The third kappa shape index (κ3) is 1.88. The van der Waals surface area contributed by atoms with Crippen LogP contribution in [0.5, 0.6) is 0 Å². The summed E-state index contributed by atoms with van der Waals surface area (Å²) in [6, 6.07) is 0. The van der Waals surface area contributed by atoms with Crippen molar-refractivity contribution >= 4 is 11.6 Å². The molecule has 0 aliphatic heterocycles. The van der Waals surface area contributed by atoms with Gasteiger partial charge in [-0.15, -0.1) is 0 Å². The molecule has 0 aliphatic carbocycles. The van der Waals surface area contributed by atoms with Gasteiger partial charge in [0, 0.05) is 0 Å². The van der Waals surface area contributed by atoms with E-state index in [1.807, 2.05) is 0 Å². The zero-order valence-electron chi connectivity index (χ0n) is 6.30. The number of aromatic amines is 2. The fourth-order valence-corrected chi connectivity index (χ4v) is 1.17. The Hall–Kier alpha value is -0.780. The van der Waals surface area contributed by atoms with E-state index in [0.29, 0.717) is 18.7 Å². The minimum Gasteiger partial charge on any atom is -0.387 e. The van der Waals surface area contributed by atoms with E-state index < -0.39 is 11.8 Å². The number of hydrogen-bond acceptors (Lipinski definition) is 3. The van der Waals surface area contributed by atoms with E-state index in [0.717, 1.165) is 0 Å². The van der Waals surface area contributed by atoms with Gasteiger partial charge in [-0.25, -0.2) is 4.79 Å². The van der Waals surface area contributed by atoms with E-state index in [1.165, 1.54) is 0 Å². The molecule has 0 aromatic carbocycles. The number of nitrogens with one attached hydrogen (secondary N) is 2. The van der Waals surface area contributed by atoms with Crippen LogP contribution >= 0.6 is 11.6 Å². The van der Waals surface area contributed by atoms with E-state index in [9.17, 15) is 9.90 Å². The number of aromatic nitrogens is 2. The van der Waals surface area contributed by atoms with Crippen molar-refractivity contribution in [2.24, 2.45) is 5.73 Å². The maximum atomic E-state index is 10.7. The number of H-pyrrole nitrogens is 2. The van der Waals surface area contributed by atoms with E-state index in [1.54, 1.807) is 0 Å². The van der Waals surface area contributed by atoms with Crippen LogP contribution in [0.1, 0.15) is 18.2 Å². The van der Waals surface area contributed by atoms with E-state index >= 15 is 0 Å². The summed E-state index contributed by atoms with van der Waals surface area (Å²) in [5.74, 6) is 0. The summed E-state index contributed by atoms with van der Waals surface area (Å²) in [5.41, 5.74) is 5.09. The highest BCUT2D eigenvalue weighted by molar-refractivity contribution is 6.30. The van der Waals surface area contributed by atoms with Gasteiger partial charge in [0.2, 0.25) is 0 Å². The van der Waals surface area contributed by atoms with Crippen LogP contribution in [0.2, 0.25) is 5.15 Å². The van der Waals surface area contributed by atoms with Crippen LogP contribution in [-0.4, -0.2) is 21.6 Å². The van der Waals surface area contributed by atoms with Gasteiger partial charge in [0.1, 0.15) is 5.15 Å². The first-order chi connectivity index (χ1) is 5.65. The minimum absolute atomic E-state index is 0.140. The number of nitrogens with two attached hydrogens (primary N) is 1. The predicted octanol–water partition coefficient (Wildman–Crippen LogP) is -0.261. The number of rotatable bonds is 3. The van der Waals surface area contributed by atoms with Gasteiger partial charge in [0.05, 0.1) is 11.8 Å². The van der Waals surface area contributed by atoms with Crippen LogP contribution in [0.4, 0.5) is 0 Å². The lowest BCUT2D eigenvalue weighted by atomic mass is 10.2. The Morgan fingerprint density at radius 1 is 1.58 bits per heavy atom. The number of hydrogen-bond donors (Lipinski definition) is 4. The first-order valence-electron chi connectivity index (χ1n) is 3.51. The van der Waals surface area contributed by atoms with Gasteiger partial charge >= 0.3 is 5.69 Å². The van der Waals surface area contributed by atoms with Gasteiger partial charge in [0.25, 0.3) is 0 Å². The van der Waals surface area contributed by atoms with Gasteiger partial charge in [-0.05, 0) is 13.0 Å². The Morgan fingerprint density at radius 3 is 2.67 bits per heavy atom. The zero-order valence-corrected chi connectivity index (χ0v) is 7.06. The maximum Gasteiger partial charge on any atom is 0.324 e. The molecule has 1 unspecified atom stereocenters. The molecule has 1 aromatic rings. The minimum atomic E-state index is -0.804. The van der Waals surface area contributed by atoms with Crippen molar-refractivity contribution in [2.75, 3.05) is 6.54 Å². The fourth-order valence-electron chi connectivity index (χ4n) is 0.907. The molecule has 1 heterocycles. The monoisotopic (exact) mass is 191 g/mol. The van der Waals surface area contributed by atoms with Crippen molar-refractivity contribution in [3.05, 3.63) is 21.3 Å². The first kappa shape index (κ1) is 9.31. The summed E-state index contributed by atoms with van der Waals surface area (Å²) < 4.78 is 0. The molecule has 5 N–H and O–H groups in total. The highest BCUT2D eigenvalue weighted by atomic mass is 35.5. The van der Waals surface area contributed by atoms with E-state index in [4.69, 9.17) is 17.3 Å². The van der Waals surface area contributed by atoms with Crippen LogP contribution in [0.3, 0.4) is 0 Å². The fraction of sp³-hybridized carbons (Fsp3) is 0.500. The second-order valence-electron chi connectivity index (χ2n) is 2.40. The Morgan fingerprint density at radius 2 is 2.25 bits per heavy atom. The van der Waals surface area contributed by atoms with Crippen LogP contribution in [0.25, 0.3) is 0 Å². The van der Waals surface area contributed by atoms with Crippen molar-refractivity contribution < 1.29 is 5.11 Å². The summed E-state index contributed by atoms with van der Waals surface area (Å²) in [6.07, 6.45) is -0.436. The van der Waals surface area contributed by atoms with Crippen LogP contribution in [-0.2, 0) is 0 Å². The van der Waals surface area contributed by atoms with Gasteiger partial charge in [-0.1, -0.05) is 11.6 Å². The molecule has 0 amide bonds. The summed E-state index contributed by atoms with van der Waals surface area (Å²) in [5, 5.41) is 9.50. The number of aliphatic hydroxyl groups is 1. The number of halogens is 1. The zero-order chi connectivity index (χ0) is 9.14. The molecule has 0 fully saturated rings. The van der Waals surface area contributed by atoms with E-state index in [2.05, 4.69) is 9.97 Å². The van der Waals surface area contributed by atoms with E-state index in [-0.39, 0.29) is 5.15 Å². The average molecular weight is 192 g/mol. The molecule has 0 saturated heterocycles. The van der Waals surface area contributed by atoms with Crippen LogP contribution in [0.15, 0.2) is 4.79 Å². The SMILES string of the molecule is NCCC(O)c1[nH]c(=O)[nH]c1Cl. The lowest BCUT2D eigenvalue weighted by molar-refractivity contribution is 0.166. The highest BCUT2D eigenvalue weighted by Crippen LogP contribution is 2.18. The Labute approximate surface area is 73.6 Å². The molecule has 1 rings (SSSR count). The van der Waals surface area contributed by atoms with Crippen molar-refractivity contribution in [3.8, 4) is 0 Å². The molecular weight excluding hydrogens is 182 g/mol. The van der Waals surface area contributed by atoms with Gasteiger partial charge in [0.15, 0.2) is 0 Å². The molecule has 0 aliphatic rings. The Balaban J connectivity index is 2.86. The van der Waals surface area contributed by atoms with Crippen molar-refractivity contribution in [1.29, 1.82) is 0 Å². The summed E-state index contributed by atoms with van der Waals surface area (Å²) in [7, 11) is 0. The quantitative estimate of drug-likeness (QED) is 0.530. The summed E-state index contributed by atoms with van der Waals surface area (Å²) in [6.45, 7) is 0.338. The van der Waals surface area contributed by atoms with Gasteiger partial charge in [-0.3, -0.25) is 4.98 Å². The maximum absolute atomic E-state index is 10.7. The number of aliphatic hydroxyl groups excluding tert-OH is 1. The number of imidazole rings is 1. The lowest BCUT2D eigenvalue weighted by Crippen LogP contribution is -2.09. The van der Waals surface area contributed by atoms with Crippen molar-refractivity contribution in [1.82, 2.24) is 9.97 Å². The second-order valence-corrected chi connectivity index (χ2v) is 2.78. The third-order valence-electron chi connectivity index (χ3n) is 1.48. The molecule has 0 bridgehead atoms. The lowest BCUT2D eigenvalue weighted by Gasteiger charge is -2.05. The topological polar surface area (TPSA) is 94.9 Å². The second kappa shape index (κ2) is 3.75.